The molecule has 0 saturated carbocycles. The third-order valence-corrected chi connectivity index (χ3v) is 7.34. The lowest BCUT2D eigenvalue weighted by molar-refractivity contribution is -0.124. The van der Waals surface area contributed by atoms with Crippen molar-refractivity contribution in [2.75, 3.05) is 23.9 Å². The van der Waals surface area contributed by atoms with Crippen LogP contribution in [0.15, 0.2) is 66.4 Å². The minimum absolute atomic E-state index is 0.00638. The number of H-pyrrole nitrogens is 1. The Kier molecular flexibility index (Phi) is 7.04. The highest BCUT2D eigenvalue weighted by Crippen LogP contribution is 2.34. The summed E-state index contributed by atoms with van der Waals surface area (Å²) in [4.78, 5) is 33.4. The summed E-state index contributed by atoms with van der Waals surface area (Å²) in [6, 6.07) is 14.3. The van der Waals surface area contributed by atoms with Crippen LogP contribution in [-0.4, -0.2) is 46.5 Å². The standard InChI is InChI=1S/C28H30N4O3S/c1-35-25-10-6-5-9-23(25)32-27(34)24(31(28(32)36)16-14-19-7-3-2-4-8-19)18-26(33)30-21-12-11-20-13-15-29-22(20)17-21/h5-7,9-13,15,17,24,29H,2-4,8,14,16,18H2,1H3,(H,30,33). The van der Waals surface area contributed by atoms with E-state index in [9.17, 15) is 9.59 Å². The van der Waals surface area contributed by atoms with Gasteiger partial charge >= 0.3 is 0 Å². The van der Waals surface area contributed by atoms with E-state index in [0.29, 0.717) is 28.8 Å². The van der Waals surface area contributed by atoms with Crippen LogP contribution in [0.2, 0.25) is 0 Å². The summed E-state index contributed by atoms with van der Waals surface area (Å²) in [5, 5.41) is 4.43. The predicted molar refractivity (Wildman–Crippen MR) is 146 cm³/mol. The second-order valence-electron chi connectivity index (χ2n) is 9.23. The molecule has 2 heterocycles. The van der Waals surface area contributed by atoms with Crippen molar-refractivity contribution >= 4 is 51.4 Å². The molecule has 186 valence electrons. The van der Waals surface area contributed by atoms with Crippen LogP contribution in [0.5, 0.6) is 5.75 Å². The first-order valence-corrected chi connectivity index (χ1v) is 12.8. The number of methoxy groups -OCH3 is 1. The fourth-order valence-corrected chi connectivity index (χ4v) is 5.44. The van der Waals surface area contributed by atoms with Crippen molar-refractivity contribution in [2.24, 2.45) is 0 Å². The van der Waals surface area contributed by atoms with E-state index in [1.807, 2.05) is 53.6 Å². The number of nitrogens with one attached hydrogen (secondary N) is 2. The lowest BCUT2D eigenvalue weighted by Crippen LogP contribution is -2.38. The number of ether oxygens (including phenoxy) is 1. The average Bonchev–Trinajstić information content (AvgIpc) is 3.45. The van der Waals surface area contributed by atoms with Crippen LogP contribution in [0.25, 0.3) is 10.9 Å². The molecule has 8 heteroatoms. The molecular formula is C28H30N4O3S. The lowest BCUT2D eigenvalue weighted by Gasteiger charge is -2.25. The molecule has 2 amide bonds. The molecule has 36 heavy (non-hydrogen) atoms. The Balaban J connectivity index is 1.38. The number of rotatable bonds is 8. The molecule has 2 N–H and O–H groups in total. The zero-order chi connectivity index (χ0) is 25.1. The lowest BCUT2D eigenvalue weighted by atomic mass is 9.97. The molecule has 1 saturated heterocycles. The quantitative estimate of drug-likeness (QED) is 0.319. The Labute approximate surface area is 216 Å². The zero-order valence-corrected chi connectivity index (χ0v) is 21.1. The monoisotopic (exact) mass is 502 g/mol. The number of amides is 2. The van der Waals surface area contributed by atoms with Crippen molar-refractivity contribution in [1.82, 2.24) is 9.88 Å². The summed E-state index contributed by atoms with van der Waals surface area (Å²) in [7, 11) is 1.57. The number of fused-ring (bicyclic) bond motifs is 1. The molecule has 0 radical (unpaired) electrons. The molecule has 2 aliphatic rings. The van der Waals surface area contributed by atoms with Crippen molar-refractivity contribution in [1.29, 1.82) is 0 Å². The van der Waals surface area contributed by atoms with Crippen molar-refractivity contribution in [3.8, 4) is 5.75 Å². The maximum atomic E-state index is 13.7. The fraction of sp³-hybridized carbons (Fsp3) is 0.321. The first kappa shape index (κ1) is 24.1. The van der Waals surface area contributed by atoms with Crippen LogP contribution in [0.3, 0.4) is 0 Å². The SMILES string of the molecule is COc1ccccc1N1C(=O)C(CC(=O)Nc2ccc3cc[nH]c3c2)N(CCC2=CCCCC2)C1=S. The van der Waals surface area contributed by atoms with Crippen LogP contribution < -0.4 is 15.0 Å². The molecule has 0 bridgehead atoms. The number of hydrogen-bond donors (Lipinski definition) is 2. The van der Waals surface area contributed by atoms with Crippen LogP contribution >= 0.6 is 12.2 Å². The van der Waals surface area contributed by atoms with Gasteiger partial charge in [-0.05, 0) is 80.0 Å². The number of aromatic amines is 1. The average molecular weight is 503 g/mol. The molecule has 7 nitrogen and oxygen atoms in total. The number of carbonyl (C=O) groups excluding carboxylic acids is 2. The number of thiocarbonyl (C=S) groups is 1. The summed E-state index contributed by atoms with van der Waals surface area (Å²) >= 11 is 5.82. The maximum absolute atomic E-state index is 13.7. The van der Waals surface area contributed by atoms with Gasteiger partial charge in [-0.15, -0.1) is 0 Å². The van der Waals surface area contributed by atoms with Gasteiger partial charge in [-0.25, -0.2) is 0 Å². The van der Waals surface area contributed by atoms with Gasteiger partial charge in [-0.2, -0.15) is 0 Å². The Morgan fingerprint density at radius 3 is 2.86 bits per heavy atom. The van der Waals surface area contributed by atoms with E-state index in [0.717, 1.165) is 30.2 Å². The first-order valence-electron chi connectivity index (χ1n) is 12.4. The van der Waals surface area contributed by atoms with Crippen LogP contribution in [0.4, 0.5) is 11.4 Å². The molecule has 1 fully saturated rings. The molecule has 0 spiro atoms. The van der Waals surface area contributed by atoms with E-state index < -0.39 is 6.04 Å². The molecule has 1 atom stereocenters. The van der Waals surface area contributed by atoms with E-state index in [-0.39, 0.29) is 18.2 Å². The third-order valence-electron chi connectivity index (χ3n) is 6.92. The Morgan fingerprint density at radius 2 is 2.06 bits per heavy atom. The summed E-state index contributed by atoms with van der Waals surface area (Å²) in [5.41, 5.74) is 3.62. The summed E-state index contributed by atoms with van der Waals surface area (Å²) in [5.74, 6) is 0.121. The summed E-state index contributed by atoms with van der Waals surface area (Å²) in [6.45, 7) is 0.592. The molecule has 1 aliphatic heterocycles. The molecule has 1 aromatic heterocycles. The molecular weight excluding hydrogens is 472 g/mol. The number of allylic oxidation sites excluding steroid dienone is 1. The van der Waals surface area contributed by atoms with Crippen LogP contribution in [0.1, 0.15) is 38.5 Å². The molecule has 3 aromatic rings. The number of benzene rings is 2. The minimum atomic E-state index is -0.680. The minimum Gasteiger partial charge on any atom is -0.495 e. The van der Waals surface area contributed by atoms with E-state index in [1.54, 1.807) is 13.2 Å². The van der Waals surface area contributed by atoms with Gasteiger partial charge < -0.3 is 19.9 Å². The van der Waals surface area contributed by atoms with Gasteiger partial charge in [0.25, 0.3) is 5.91 Å². The van der Waals surface area contributed by atoms with E-state index >= 15 is 0 Å². The number of carbonyl (C=O) groups is 2. The number of aromatic nitrogens is 1. The van der Waals surface area contributed by atoms with Crippen molar-refractivity contribution in [3.63, 3.8) is 0 Å². The molecule has 1 aliphatic carbocycles. The third kappa shape index (κ3) is 4.86. The number of hydrogen-bond acceptors (Lipinski definition) is 4. The van der Waals surface area contributed by atoms with E-state index in [4.69, 9.17) is 17.0 Å². The van der Waals surface area contributed by atoms with Crippen molar-refractivity contribution in [3.05, 3.63) is 66.4 Å². The normalized spacial score (nSPS) is 18.0. The van der Waals surface area contributed by atoms with Crippen molar-refractivity contribution in [2.45, 2.75) is 44.6 Å². The van der Waals surface area contributed by atoms with Gasteiger partial charge in [0.15, 0.2) is 5.11 Å². The first-order chi connectivity index (χ1) is 17.5. The van der Waals surface area contributed by atoms with Gasteiger partial charge in [0.1, 0.15) is 11.8 Å². The van der Waals surface area contributed by atoms with Gasteiger partial charge in [0.2, 0.25) is 5.91 Å². The van der Waals surface area contributed by atoms with Gasteiger partial charge in [-0.3, -0.25) is 14.5 Å². The Hall–Kier alpha value is -3.65. The Bertz CT molecular complexity index is 1330. The summed E-state index contributed by atoms with van der Waals surface area (Å²) in [6.07, 6.45) is 9.60. The highest BCUT2D eigenvalue weighted by atomic mass is 32.1. The second-order valence-corrected chi connectivity index (χ2v) is 9.59. The molecule has 2 aromatic carbocycles. The number of nitrogens with zero attached hydrogens (tertiary/aromatic N) is 2. The fourth-order valence-electron chi connectivity index (χ4n) is 5.03. The summed E-state index contributed by atoms with van der Waals surface area (Å²) < 4.78 is 5.51. The topological polar surface area (TPSA) is 77.7 Å². The van der Waals surface area contributed by atoms with E-state index in [2.05, 4.69) is 16.4 Å². The van der Waals surface area contributed by atoms with E-state index in [1.165, 1.54) is 23.3 Å². The van der Waals surface area contributed by atoms with Gasteiger partial charge in [-0.1, -0.05) is 29.8 Å². The highest BCUT2D eigenvalue weighted by molar-refractivity contribution is 7.80. The van der Waals surface area contributed by atoms with Gasteiger partial charge in [0.05, 0.1) is 19.2 Å². The van der Waals surface area contributed by atoms with Crippen molar-refractivity contribution < 1.29 is 14.3 Å². The van der Waals surface area contributed by atoms with Crippen LogP contribution in [-0.2, 0) is 9.59 Å². The number of para-hydroxylation sites is 2. The number of anilines is 2. The van der Waals surface area contributed by atoms with Gasteiger partial charge in [0, 0.05) is 23.9 Å². The van der Waals surface area contributed by atoms with Crippen LogP contribution in [0, 0.1) is 0 Å². The molecule has 1 unspecified atom stereocenters. The molecule has 5 rings (SSSR count). The predicted octanol–water partition coefficient (Wildman–Crippen LogP) is 5.40. The Morgan fingerprint density at radius 1 is 1.19 bits per heavy atom. The highest BCUT2D eigenvalue weighted by Gasteiger charge is 2.44. The largest absolute Gasteiger partial charge is 0.495 e. The second kappa shape index (κ2) is 10.5. The maximum Gasteiger partial charge on any atom is 0.256 e. The smallest absolute Gasteiger partial charge is 0.256 e. The zero-order valence-electron chi connectivity index (χ0n) is 20.3.